The molecule has 0 unspecified atom stereocenters. The number of halogens is 3. The van der Waals surface area contributed by atoms with Crippen molar-refractivity contribution in [2.45, 2.75) is 6.18 Å². The van der Waals surface area contributed by atoms with Gasteiger partial charge in [0.15, 0.2) is 5.82 Å². The highest BCUT2D eigenvalue weighted by Crippen LogP contribution is 2.35. The van der Waals surface area contributed by atoms with Crippen molar-refractivity contribution in [1.82, 2.24) is 19.9 Å². The van der Waals surface area contributed by atoms with E-state index in [1.54, 1.807) is 0 Å². The zero-order valence-corrected chi connectivity index (χ0v) is 10.6. The van der Waals surface area contributed by atoms with E-state index in [0.29, 0.717) is 0 Å². The number of alkyl halides is 3. The van der Waals surface area contributed by atoms with Crippen molar-refractivity contribution in [1.29, 1.82) is 0 Å². The molecule has 2 rings (SSSR count). The van der Waals surface area contributed by atoms with E-state index >= 15 is 0 Å². The Morgan fingerprint density at radius 3 is 2.55 bits per heavy atom. The van der Waals surface area contributed by atoms with Crippen LogP contribution in [0.3, 0.4) is 0 Å². The predicted octanol–water partition coefficient (Wildman–Crippen LogP) is 2.00. The van der Waals surface area contributed by atoms with Gasteiger partial charge in [0.1, 0.15) is 0 Å². The third kappa shape index (κ3) is 2.76. The Hall–Kier alpha value is -2.45. The fraction of sp³-hybridized carbons (Fsp3) is 0.273. The van der Waals surface area contributed by atoms with E-state index in [2.05, 4.69) is 25.3 Å². The average Bonchev–Trinajstić information content (AvgIpc) is 2.45. The van der Waals surface area contributed by atoms with Crippen LogP contribution in [0.5, 0.6) is 6.01 Å². The van der Waals surface area contributed by atoms with Gasteiger partial charge in [0.05, 0.1) is 18.2 Å². The standard InChI is InChI=1S/C11H10F3N5O/c1-15-9-17-8(18-10(19-9)20-2)6-5-16-4-3-7(6)11(12,13)14/h3-5H,1-2H3,(H,15,17,18,19). The number of hydrogen-bond acceptors (Lipinski definition) is 6. The predicted molar refractivity (Wildman–Crippen MR) is 64.2 cm³/mol. The molecule has 0 aliphatic carbocycles. The normalized spacial score (nSPS) is 11.2. The van der Waals surface area contributed by atoms with Crippen LogP contribution in [0.25, 0.3) is 11.4 Å². The summed E-state index contributed by atoms with van der Waals surface area (Å²) >= 11 is 0. The Labute approximate surface area is 112 Å². The molecule has 0 saturated heterocycles. The van der Waals surface area contributed by atoms with Gasteiger partial charge >= 0.3 is 12.2 Å². The van der Waals surface area contributed by atoms with E-state index in [9.17, 15) is 13.2 Å². The molecule has 0 saturated carbocycles. The fourth-order valence-corrected chi connectivity index (χ4v) is 1.50. The Bertz CT molecular complexity index is 595. The first-order chi connectivity index (χ1) is 9.45. The van der Waals surface area contributed by atoms with Crippen LogP contribution in [0.2, 0.25) is 0 Å². The Balaban J connectivity index is 2.62. The van der Waals surface area contributed by atoms with Gasteiger partial charge in [-0.05, 0) is 6.07 Å². The van der Waals surface area contributed by atoms with Crippen LogP contribution in [0.4, 0.5) is 19.1 Å². The van der Waals surface area contributed by atoms with Gasteiger partial charge in [-0.1, -0.05) is 0 Å². The lowest BCUT2D eigenvalue weighted by molar-refractivity contribution is -0.137. The SMILES string of the molecule is CNc1nc(OC)nc(-c2cnccc2C(F)(F)F)n1. The second kappa shape index (κ2) is 5.27. The number of nitrogens with one attached hydrogen (secondary N) is 1. The second-order valence-electron chi connectivity index (χ2n) is 3.64. The molecule has 0 fully saturated rings. The van der Waals surface area contributed by atoms with Gasteiger partial charge in [-0.2, -0.15) is 28.1 Å². The van der Waals surface area contributed by atoms with Gasteiger partial charge in [0.25, 0.3) is 0 Å². The van der Waals surface area contributed by atoms with Crippen molar-refractivity contribution in [3.8, 4) is 17.4 Å². The average molecular weight is 285 g/mol. The molecule has 0 amide bonds. The molecule has 2 aromatic heterocycles. The first-order valence-corrected chi connectivity index (χ1v) is 5.45. The number of methoxy groups -OCH3 is 1. The fourth-order valence-electron chi connectivity index (χ4n) is 1.50. The molecular formula is C11H10F3N5O. The molecule has 0 aromatic carbocycles. The summed E-state index contributed by atoms with van der Waals surface area (Å²) in [5.74, 6) is -0.0644. The van der Waals surface area contributed by atoms with Crippen molar-refractivity contribution < 1.29 is 17.9 Å². The third-order valence-corrected chi connectivity index (χ3v) is 2.39. The van der Waals surface area contributed by atoms with E-state index in [1.807, 2.05) is 0 Å². The summed E-state index contributed by atoms with van der Waals surface area (Å²) in [4.78, 5) is 15.2. The minimum absolute atomic E-state index is 0.0867. The molecular weight excluding hydrogens is 275 g/mol. The van der Waals surface area contributed by atoms with Crippen LogP contribution in [-0.2, 0) is 6.18 Å². The van der Waals surface area contributed by atoms with Crippen molar-refractivity contribution >= 4 is 5.95 Å². The van der Waals surface area contributed by atoms with E-state index in [4.69, 9.17) is 4.74 Å². The number of ether oxygens (including phenoxy) is 1. The molecule has 2 heterocycles. The van der Waals surface area contributed by atoms with E-state index in [0.717, 1.165) is 18.5 Å². The van der Waals surface area contributed by atoms with E-state index in [1.165, 1.54) is 14.2 Å². The van der Waals surface area contributed by atoms with Gasteiger partial charge in [0, 0.05) is 19.4 Å². The summed E-state index contributed by atoms with van der Waals surface area (Å²) < 4.78 is 43.7. The van der Waals surface area contributed by atoms with Gasteiger partial charge < -0.3 is 10.1 Å². The van der Waals surface area contributed by atoms with Crippen LogP contribution in [0, 0.1) is 0 Å². The summed E-state index contributed by atoms with van der Waals surface area (Å²) in [6.45, 7) is 0. The second-order valence-corrected chi connectivity index (χ2v) is 3.64. The summed E-state index contributed by atoms with van der Waals surface area (Å²) in [6.07, 6.45) is -2.42. The van der Waals surface area contributed by atoms with Crippen molar-refractivity contribution in [2.24, 2.45) is 0 Å². The minimum Gasteiger partial charge on any atom is -0.467 e. The molecule has 9 heteroatoms. The zero-order chi connectivity index (χ0) is 14.8. The Morgan fingerprint density at radius 1 is 1.20 bits per heavy atom. The summed E-state index contributed by atoms with van der Waals surface area (Å²) in [5, 5.41) is 2.63. The molecule has 0 bridgehead atoms. The van der Waals surface area contributed by atoms with Gasteiger partial charge in [-0.25, -0.2) is 0 Å². The molecule has 2 aromatic rings. The van der Waals surface area contributed by atoms with Gasteiger partial charge in [-0.3, -0.25) is 4.98 Å². The largest absolute Gasteiger partial charge is 0.467 e. The highest BCUT2D eigenvalue weighted by atomic mass is 19.4. The summed E-state index contributed by atoms with van der Waals surface area (Å²) in [7, 11) is 2.85. The lowest BCUT2D eigenvalue weighted by atomic mass is 10.1. The maximum atomic E-state index is 13.0. The van der Waals surface area contributed by atoms with Crippen molar-refractivity contribution in [3.63, 3.8) is 0 Å². The van der Waals surface area contributed by atoms with E-state index < -0.39 is 11.7 Å². The lowest BCUT2D eigenvalue weighted by Crippen LogP contribution is -2.10. The lowest BCUT2D eigenvalue weighted by Gasteiger charge is -2.12. The third-order valence-electron chi connectivity index (χ3n) is 2.39. The smallest absolute Gasteiger partial charge is 0.417 e. The maximum absolute atomic E-state index is 13.0. The zero-order valence-electron chi connectivity index (χ0n) is 10.6. The number of nitrogens with zero attached hydrogens (tertiary/aromatic N) is 4. The van der Waals surface area contributed by atoms with Gasteiger partial charge in [-0.15, -0.1) is 0 Å². The van der Waals surface area contributed by atoms with E-state index in [-0.39, 0.29) is 23.3 Å². The first-order valence-electron chi connectivity index (χ1n) is 5.45. The van der Waals surface area contributed by atoms with Crippen LogP contribution in [0.15, 0.2) is 18.5 Å². The first kappa shape index (κ1) is 14.0. The molecule has 0 aliphatic heterocycles. The van der Waals surface area contributed by atoms with Crippen molar-refractivity contribution in [3.05, 3.63) is 24.0 Å². The Morgan fingerprint density at radius 2 is 1.95 bits per heavy atom. The maximum Gasteiger partial charge on any atom is 0.417 e. The highest BCUT2D eigenvalue weighted by Gasteiger charge is 2.34. The molecule has 20 heavy (non-hydrogen) atoms. The van der Waals surface area contributed by atoms with Crippen LogP contribution >= 0.6 is 0 Å². The highest BCUT2D eigenvalue weighted by molar-refractivity contribution is 5.61. The van der Waals surface area contributed by atoms with Crippen LogP contribution < -0.4 is 10.1 Å². The Kier molecular flexibility index (Phi) is 3.68. The van der Waals surface area contributed by atoms with Crippen LogP contribution in [-0.4, -0.2) is 34.1 Å². The number of pyridine rings is 1. The van der Waals surface area contributed by atoms with Gasteiger partial charge in [0.2, 0.25) is 5.95 Å². The number of hydrogen-bond donors (Lipinski definition) is 1. The minimum atomic E-state index is -4.53. The van der Waals surface area contributed by atoms with Crippen LogP contribution in [0.1, 0.15) is 5.56 Å². The quantitative estimate of drug-likeness (QED) is 0.930. The number of anilines is 1. The molecule has 0 atom stereocenters. The summed E-state index contributed by atoms with van der Waals surface area (Å²) in [5.41, 5.74) is -1.11. The molecule has 106 valence electrons. The van der Waals surface area contributed by atoms with Crippen molar-refractivity contribution in [2.75, 3.05) is 19.5 Å². The monoisotopic (exact) mass is 285 g/mol. The number of rotatable bonds is 3. The molecule has 0 radical (unpaired) electrons. The summed E-state index contributed by atoms with van der Waals surface area (Å²) in [6, 6.07) is 0.779. The molecule has 6 nitrogen and oxygen atoms in total. The number of aromatic nitrogens is 4. The molecule has 0 aliphatic rings. The molecule has 1 N–H and O–H groups in total. The topological polar surface area (TPSA) is 72.8 Å². The molecule has 0 spiro atoms.